The molecule has 1 amide bonds. The Bertz CT molecular complexity index is 469. The number of nitrogens with two attached hydrogens (primary N) is 1. The van der Waals surface area contributed by atoms with E-state index in [0.29, 0.717) is 16.5 Å². The summed E-state index contributed by atoms with van der Waals surface area (Å²) in [4.78, 5) is 13.8. The fraction of sp³-hybridized carbons (Fsp3) is 0.500. The molecule has 0 fully saturated rings. The number of halogens is 1. The lowest BCUT2D eigenvalue weighted by molar-refractivity contribution is -0.121. The summed E-state index contributed by atoms with van der Waals surface area (Å²) in [5, 5.41) is 0.462. The lowest BCUT2D eigenvalue weighted by Gasteiger charge is -2.30. The van der Waals surface area contributed by atoms with Crippen molar-refractivity contribution in [3.05, 3.63) is 23.2 Å². The maximum absolute atomic E-state index is 12.3. The number of hydrogen-bond acceptors (Lipinski definition) is 3. The van der Waals surface area contributed by atoms with E-state index >= 15 is 0 Å². The maximum Gasteiger partial charge on any atom is 0.244 e. The Balaban J connectivity index is 2.97. The van der Waals surface area contributed by atoms with Gasteiger partial charge in [-0.25, -0.2) is 0 Å². The topological polar surface area (TPSA) is 55.6 Å². The van der Waals surface area contributed by atoms with Gasteiger partial charge >= 0.3 is 0 Å². The second-order valence-corrected chi connectivity index (χ2v) is 5.97. The van der Waals surface area contributed by atoms with Crippen LogP contribution in [0.2, 0.25) is 5.02 Å². The van der Waals surface area contributed by atoms with Crippen molar-refractivity contribution < 1.29 is 9.53 Å². The van der Waals surface area contributed by atoms with Crippen molar-refractivity contribution in [3.8, 4) is 5.75 Å². The second kappa shape index (κ2) is 5.80. The number of carbonyl (C=O) groups excluding carboxylic acids is 1. The molecule has 0 unspecified atom stereocenters. The van der Waals surface area contributed by atoms with E-state index in [0.717, 1.165) is 0 Å². The van der Waals surface area contributed by atoms with Crippen LogP contribution in [0.5, 0.6) is 5.75 Å². The predicted octanol–water partition coefficient (Wildman–Crippen LogP) is 2.68. The van der Waals surface area contributed by atoms with E-state index in [4.69, 9.17) is 22.1 Å². The molecule has 1 atom stereocenters. The predicted molar refractivity (Wildman–Crippen MR) is 78.8 cm³/mol. The first-order valence-electron chi connectivity index (χ1n) is 6.05. The van der Waals surface area contributed by atoms with E-state index in [1.54, 1.807) is 32.4 Å². The molecule has 0 aliphatic heterocycles. The Morgan fingerprint density at radius 2 is 2.00 bits per heavy atom. The summed E-state index contributed by atoms with van der Waals surface area (Å²) in [6, 6.07) is 4.62. The normalized spacial score (nSPS) is 13.0. The van der Waals surface area contributed by atoms with Gasteiger partial charge in [-0.2, -0.15) is 0 Å². The number of benzene rings is 1. The van der Waals surface area contributed by atoms with Crippen LogP contribution in [0.3, 0.4) is 0 Å². The zero-order valence-electron chi connectivity index (χ0n) is 12.0. The number of hydrogen-bond donors (Lipinski definition) is 1. The standard InChI is InChI=1S/C14H21ClN2O2/c1-14(2,3)12(16)13(18)17(4)9-6-7-11(19-5)10(15)8-9/h6-8,12H,16H2,1-5H3/t12-/m1/s1. The summed E-state index contributed by atoms with van der Waals surface area (Å²) < 4.78 is 5.08. The molecular formula is C14H21ClN2O2. The van der Waals surface area contributed by atoms with Crippen molar-refractivity contribution in [2.24, 2.45) is 11.1 Å². The molecule has 4 nitrogen and oxygen atoms in total. The molecule has 0 aromatic heterocycles. The molecule has 0 aliphatic rings. The summed E-state index contributed by atoms with van der Waals surface area (Å²) in [5.41, 5.74) is 6.38. The summed E-state index contributed by atoms with van der Waals surface area (Å²) in [5.74, 6) is 0.431. The van der Waals surface area contributed by atoms with Crippen LogP contribution < -0.4 is 15.4 Å². The third-order valence-corrected chi connectivity index (χ3v) is 3.35. The number of amides is 1. The number of likely N-dealkylation sites (N-methyl/N-ethyl adjacent to an activating group) is 1. The molecule has 0 bridgehead atoms. The smallest absolute Gasteiger partial charge is 0.244 e. The average molecular weight is 285 g/mol. The molecule has 0 saturated heterocycles. The first-order chi connectivity index (χ1) is 8.68. The lowest BCUT2D eigenvalue weighted by Crippen LogP contribution is -2.49. The van der Waals surface area contributed by atoms with Crippen molar-refractivity contribution in [3.63, 3.8) is 0 Å². The third kappa shape index (κ3) is 3.61. The quantitative estimate of drug-likeness (QED) is 0.928. The van der Waals surface area contributed by atoms with Crippen molar-refractivity contribution in [1.29, 1.82) is 0 Å². The molecule has 1 aromatic carbocycles. The van der Waals surface area contributed by atoms with Gasteiger partial charge in [0.2, 0.25) is 5.91 Å². The number of rotatable bonds is 3. The molecule has 19 heavy (non-hydrogen) atoms. The number of ether oxygens (including phenoxy) is 1. The molecule has 0 saturated carbocycles. The van der Waals surface area contributed by atoms with Crippen molar-refractivity contribution in [1.82, 2.24) is 0 Å². The van der Waals surface area contributed by atoms with Gasteiger partial charge in [0.25, 0.3) is 0 Å². The number of methoxy groups -OCH3 is 1. The first-order valence-corrected chi connectivity index (χ1v) is 6.43. The van der Waals surface area contributed by atoms with Crippen molar-refractivity contribution in [2.45, 2.75) is 26.8 Å². The summed E-state index contributed by atoms with van der Waals surface area (Å²) >= 11 is 6.05. The van der Waals surface area contributed by atoms with E-state index in [9.17, 15) is 4.79 Å². The van der Waals surface area contributed by atoms with Crippen LogP contribution in [0.1, 0.15) is 20.8 Å². The monoisotopic (exact) mass is 284 g/mol. The Labute approximate surface area is 119 Å². The highest BCUT2D eigenvalue weighted by atomic mass is 35.5. The maximum atomic E-state index is 12.3. The molecule has 106 valence electrons. The van der Waals surface area contributed by atoms with Crippen molar-refractivity contribution >= 4 is 23.2 Å². The van der Waals surface area contributed by atoms with Gasteiger partial charge in [-0.3, -0.25) is 4.79 Å². The van der Waals surface area contributed by atoms with Crippen LogP contribution in [0.4, 0.5) is 5.69 Å². The van der Waals surface area contributed by atoms with Gasteiger partial charge in [0.1, 0.15) is 5.75 Å². The van der Waals surface area contributed by atoms with E-state index in [1.165, 1.54) is 4.90 Å². The van der Waals surface area contributed by atoms with Gasteiger partial charge in [-0.1, -0.05) is 32.4 Å². The van der Waals surface area contributed by atoms with Crippen LogP contribution in [0.25, 0.3) is 0 Å². The summed E-state index contributed by atoms with van der Waals surface area (Å²) in [7, 11) is 3.23. The minimum Gasteiger partial charge on any atom is -0.495 e. The minimum absolute atomic E-state index is 0.145. The molecule has 0 spiro atoms. The van der Waals surface area contributed by atoms with Crippen LogP contribution in [-0.4, -0.2) is 26.1 Å². The molecule has 2 N–H and O–H groups in total. The lowest BCUT2D eigenvalue weighted by atomic mass is 9.86. The van der Waals surface area contributed by atoms with Gasteiger partial charge in [-0.15, -0.1) is 0 Å². The van der Waals surface area contributed by atoms with Crippen molar-refractivity contribution in [2.75, 3.05) is 19.1 Å². The van der Waals surface area contributed by atoms with Crippen LogP contribution in [0, 0.1) is 5.41 Å². The Hall–Kier alpha value is -1.26. The van der Waals surface area contributed by atoms with E-state index < -0.39 is 6.04 Å². The van der Waals surface area contributed by atoms with Crippen LogP contribution in [-0.2, 0) is 4.79 Å². The zero-order valence-corrected chi connectivity index (χ0v) is 12.8. The molecule has 1 rings (SSSR count). The number of anilines is 1. The Morgan fingerprint density at radius 1 is 1.42 bits per heavy atom. The number of carbonyl (C=O) groups is 1. The van der Waals surface area contributed by atoms with Gasteiger partial charge in [0.15, 0.2) is 0 Å². The Morgan fingerprint density at radius 3 is 2.42 bits per heavy atom. The largest absolute Gasteiger partial charge is 0.495 e. The molecule has 5 heteroatoms. The van der Waals surface area contributed by atoms with Gasteiger partial charge in [0.05, 0.1) is 18.2 Å². The van der Waals surface area contributed by atoms with E-state index in [-0.39, 0.29) is 11.3 Å². The summed E-state index contributed by atoms with van der Waals surface area (Å²) in [6.07, 6.45) is 0. The van der Waals surface area contributed by atoms with Gasteiger partial charge < -0.3 is 15.4 Å². The fourth-order valence-corrected chi connectivity index (χ4v) is 1.82. The fourth-order valence-electron chi connectivity index (χ4n) is 1.57. The molecule has 0 radical (unpaired) electrons. The molecule has 0 heterocycles. The first kappa shape index (κ1) is 15.8. The SMILES string of the molecule is COc1ccc(N(C)C(=O)[C@@H](N)C(C)(C)C)cc1Cl. The van der Waals surface area contributed by atoms with E-state index in [1.807, 2.05) is 20.8 Å². The third-order valence-electron chi connectivity index (χ3n) is 3.05. The molecule has 0 aliphatic carbocycles. The molecular weight excluding hydrogens is 264 g/mol. The average Bonchev–Trinajstić information content (AvgIpc) is 2.34. The van der Waals surface area contributed by atoms with E-state index in [2.05, 4.69) is 0 Å². The highest BCUT2D eigenvalue weighted by molar-refractivity contribution is 6.32. The summed E-state index contributed by atoms with van der Waals surface area (Å²) in [6.45, 7) is 5.80. The van der Waals surface area contributed by atoms with Gasteiger partial charge in [0, 0.05) is 12.7 Å². The zero-order chi connectivity index (χ0) is 14.8. The van der Waals surface area contributed by atoms with Crippen LogP contribution in [0.15, 0.2) is 18.2 Å². The highest BCUT2D eigenvalue weighted by Gasteiger charge is 2.30. The van der Waals surface area contributed by atoms with Gasteiger partial charge in [-0.05, 0) is 23.6 Å². The van der Waals surface area contributed by atoms with Crippen LogP contribution >= 0.6 is 11.6 Å². The highest BCUT2D eigenvalue weighted by Crippen LogP contribution is 2.29. The minimum atomic E-state index is -0.571. The number of nitrogens with zero attached hydrogens (tertiary/aromatic N) is 1. The molecule has 1 aromatic rings. The Kier molecular flexibility index (Phi) is 4.82. The second-order valence-electron chi connectivity index (χ2n) is 5.56.